The van der Waals surface area contributed by atoms with Gasteiger partial charge in [0.25, 0.3) is 11.8 Å². The molecule has 2 aromatic rings. The number of amides is 2. The van der Waals surface area contributed by atoms with Gasteiger partial charge in [0.05, 0.1) is 7.11 Å². The molecule has 31 heavy (non-hydrogen) atoms. The van der Waals surface area contributed by atoms with E-state index < -0.39 is 24.0 Å². The van der Waals surface area contributed by atoms with E-state index >= 15 is 0 Å². The second-order valence-corrected chi connectivity index (χ2v) is 7.68. The number of aliphatic hydroxyl groups excluding tert-OH is 2. The second kappa shape index (κ2) is 10.5. The first kappa shape index (κ1) is 22.9. The third-order valence-electron chi connectivity index (χ3n) is 5.23. The highest BCUT2D eigenvalue weighted by atomic mass is 35.5. The molecule has 166 valence electrons. The molecule has 1 saturated heterocycles. The SMILES string of the molecule is COc1ccc(N2CCN(C(=O)C(O)[C@@H](O)C(=O)NCc3ccc(Cl)cc3)CC2)cc1. The van der Waals surface area contributed by atoms with Gasteiger partial charge in [-0.05, 0) is 42.0 Å². The van der Waals surface area contributed by atoms with Crippen molar-refractivity contribution in [1.82, 2.24) is 10.2 Å². The van der Waals surface area contributed by atoms with Crippen LogP contribution in [0.3, 0.4) is 0 Å². The van der Waals surface area contributed by atoms with Crippen molar-refractivity contribution >= 4 is 29.1 Å². The molecule has 2 aromatic carbocycles. The van der Waals surface area contributed by atoms with Crippen molar-refractivity contribution in [2.75, 3.05) is 38.2 Å². The van der Waals surface area contributed by atoms with Crippen LogP contribution in [0.25, 0.3) is 0 Å². The third-order valence-corrected chi connectivity index (χ3v) is 5.48. The number of benzene rings is 2. The molecule has 8 nitrogen and oxygen atoms in total. The zero-order valence-corrected chi connectivity index (χ0v) is 18.0. The lowest BCUT2D eigenvalue weighted by molar-refractivity contribution is -0.153. The molecule has 1 aliphatic rings. The van der Waals surface area contributed by atoms with Crippen LogP contribution in [0.1, 0.15) is 5.56 Å². The Balaban J connectivity index is 1.48. The number of ether oxygens (including phenoxy) is 1. The smallest absolute Gasteiger partial charge is 0.254 e. The summed E-state index contributed by atoms with van der Waals surface area (Å²) in [5.74, 6) is -0.708. The van der Waals surface area contributed by atoms with Gasteiger partial charge in [-0.25, -0.2) is 0 Å². The van der Waals surface area contributed by atoms with Gasteiger partial charge >= 0.3 is 0 Å². The first-order valence-corrected chi connectivity index (χ1v) is 10.3. The molecule has 0 bridgehead atoms. The molecule has 1 aliphatic heterocycles. The van der Waals surface area contributed by atoms with E-state index in [2.05, 4.69) is 10.2 Å². The highest BCUT2D eigenvalue weighted by molar-refractivity contribution is 6.30. The molecule has 0 saturated carbocycles. The maximum absolute atomic E-state index is 12.6. The number of carbonyl (C=O) groups excluding carboxylic acids is 2. The van der Waals surface area contributed by atoms with Gasteiger partial charge in [0, 0.05) is 43.4 Å². The average molecular weight is 448 g/mol. The van der Waals surface area contributed by atoms with E-state index in [1.165, 1.54) is 4.90 Å². The number of anilines is 1. The molecule has 0 spiro atoms. The molecule has 0 aliphatic carbocycles. The Kier molecular flexibility index (Phi) is 7.73. The fourth-order valence-corrected chi connectivity index (χ4v) is 3.47. The lowest BCUT2D eigenvalue weighted by Gasteiger charge is -2.37. The van der Waals surface area contributed by atoms with Crippen LogP contribution in [0.15, 0.2) is 48.5 Å². The Morgan fingerprint density at radius 3 is 2.19 bits per heavy atom. The van der Waals surface area contributed by atoms with Crippen LogP contribution in [0.2, 0.25) is 5.02 Å². The van der Waals surface area contributed by atoms with Crippen molar-refractivity contribution in [3.63, 3.8) is 0 Å². The van der Waals surface area contributed by atoms with Crippen LogP contribution in [0, 0.1) is 0 Å². The summed E-state index contributed by atoms with van der Waals surface area (Å²) in [4.78, 5) is 28.3. The van der Waals surface area contributed by atoms with Gasteiger partial charge < -0.3 is 30.1 Å². The molecular formula is C22H26ClN3O5. The Morgan fingerprint density at radius 1 is 1.00 bits per heavy atom. The van der Waals surface area contributed by atoms with Gasteiger partial charge in [-0.15, -0.1) is 0 Å². The van der Waals surface area contributed by atoms with Crippen molar-refractivity contribution in [3.05, 3.63) is 59.1 Å². The van der Waals surface area contributed by atoms with E-state index in [9.17, 15) is 19.8 Å². The summed E-state index contributed by atoms with van der Waals surface area (Å²) in [6.45, 7) is 2.05. The summed E-state index contributed by atoms with van der Waals surface area (Å²) in [6, 6.07) is 14.5. The van der Waals surface area contributed by atoms with Crippen molar-refractivity contribution in [2.24, 2.45) is 0 Å². The van der Waals surface area contributed by atoms with E-state index in [-0.39, 0.29) is 6.54 Å². The highest BCUT2D eigenvalue weighted by Gasteiger charge is 2.34. The van der Waals surface area contributed by atoms with Gasteiger partial charge in [-0.2, -0.15) is 0 Å². The first-order valence-electron chi connectivity index (χ1n) is 9.95. The third kappa shape index (κ3) is 5.88. The number of nitrogens with zero attached hydrogens (tertiary/aromatic N) is 2. The standard InChI is InChI=1S/C22H26ClN3O5/c1-31-18-8-6-17(7-9-18)25-10-12-26(13-11-25)22(30)20(28)19(27)21(29)24-14-15-2-4-16(23)5-3-15/h2-9,19-20,27-28H,10-14H2,1H3,(H,24,29)/t19-,20?/m1/s1. The molecule has 3 rings (SSSR count). The van der Waals surface area contributed by atoms with E-state index in [0.717, 1.165) is 17.0 Å². The maximum Gasteiger partial charge on any atom is 0.254 e. The molecule has 1 heterocycles. The quantitative estimate of drug-likeness (QED) is 0.586. The minimum absolute atomic E-state index is 0.147. The number of hydrogen-bond donors (Lipinski definition) is 3. The number of aliphatic hydroxyl groups is 2. The van der Waals surface area contributed by atoms with Gasteiger partial charge in [-0.1, -0.05) is 23.7 Å². The Bertz CT molecular complexity index is 883. The fourth-order valence-electron chi connectivity index (χ4n) is 3.34. The minimum Gasteiger partial charge on any atom is -0.497 e. The Morgan fingerprint density at radius 2 is 1.61 bits per heavy atom. The summed E-state index contributed by atoms with van der Waals surface area (Å²) < 4.78 is 5.16. The van der Waals surface area contributed by atoms with Crippen molar-refractivity contribution in [3.8, 4) is 5.75 Å². The van der Waals surface area contributed by atoms with Crippen molar-refractivity contribution < 1.29 is 24.5 Å². The van der Waals surface area contributed by atoms with Gasteiger partial charge in [0.2, 0.25) is 0 Å². The van der Waals surface area contributed by atoms with Crippen LogP contribution in [0.5, 0.6) is 5.75 Å². The van der Waals surface area contributed by atoms with Gasteiger partial charge in [0.1, 0.15) is 5.75 Å². The highest BCUT2D eigenvalue weighted by Crippen LogP contribution is 2.21. The van der Waals surface area contributed by atoms with Crippen LogP contribution >= 0.6 is 11.6 Å². The van der Waals surface area contributed by atoms with E-state index in [1.807, 2.05) is 24.3 Å². The van der Waals surface area contributed by atoms with Gasteiger partial charge in [0.15, 0.2) is 12.2 Å². The Hall–Kier alpha value is -2.81. The van der Waals surface area contributed by atoms with Crippen LogP contribution < -0.4 is 15.0 Å². The summed E-state index contributed by atoms with van der Waals surface area (Å²) in [6.07, 6.45) is -3.67. The second-order valence-electron chi connectivity index (χ2n) is 7.24. The van der Waals surface area contributed by atoms with E-state index in [1.54, 1.807) is 31.4 Å². The first-order chi connectivity index (χ1) is 14.9. The monoisotopic (exact) mass is 447 g/mol. The molecular weight excluding hydrogens is 422 g/mol. The number of carbonyl (C=O) groups is 2. The van der Waals surface area contributed by atoms with Crippen molar-refractivity contribution in [2.45, 2.75) is 18.8 Å². The zero-order valence-electron chi connectivity index (χ0n) is 17.2. The lowest BCUT2D eigenvalue weighted by Crippen LogP contribution is -2.55. The maximum atomic E-state index is 12.6. The van der Waals surface area contributed by atoms with E-state index in [0.29, 0.717) is 31.2 Å². The number of methoxy groups -OCH3 is 1. The topological polar surface area (TPSA) is 102 Å². The summed E-state index contributed by atoms with van der Waals surface area (Å²) >= 11 is 5.82. The summed E-state index contributed by atoms with van der Waals surface area (Å²) in [5.41, 5.74) is 1.79. The Labute approximate surface area is 186 Å². The molecule has 2 amide bonds. The summed E-state index contributed by atoms with van der Waals surface area (Å²) in [7, 11) is 1.61. The number of piperazine rings is 1. The molecule has 2 atom stereocenters. The van der Waals surface area contributed by atoms with Crippen LogP contribution in [-0.2, 0) is 16.1 Å². The predicted molar refractivity (Wildman–Crippen MR) is 117 cm³/mol. The van der Waals surface area contributed by atoms with Crippen molar-refractivity contribution in [1.29, 1.82) is 0 Å². The minimum atomic E-state index is -1.85. The van der Waals surface area contributed by atoms with E-state index in [4.69, 9.17) is 16.3 Å². The van der Waals surface area contributed by atoms with Gasteiger partial charge in [-0.3, -0.25) is 9.59 Å². The molecule has 1 unspecified atom stereocenters. The number of halogens is 1. The molecule has 9 heteroatoms. The predicted octanol–water partition coefficient (Wildman–Crippen LogP) is 1.04. The normalized spacial score (nSPS) is 15.9. The molecule has 1 fully saturated rings. The van der Waals surface area contributed by atoms with Crippen LogP contribution in [0.4, 0.5) is 5.69 Å². The number of nitrogens with one attached hydrogen (secondary N) is 1. The largest absolute Gasteiger partial charge is 0.497 e. The number of hydrogen-bond acceptors (Lipinski definition) is 6. The summed E-state index contributed by atoms with van der Waals surface area (Å²) in [5, 5.41) is 23.5. The van der Waals surface area contributed by atoms with Crippen LogP contribution in [-0.4, -0.2) is 72.4 Å². The average Bonchev–Trinajstić information content (AvgIpc) is 2.82. The number of rotatable bonds is 7. The molecule has 0 aromatic heterocycles. The fraction of sp³-hybridized carbons (Fsp3) is 0.364. The zero-order chi connectivity index (χ0) is 22.4. The lowest BCUT2D eigenvalue weighted by atomic mass is 10.1. The molecule has 0 radical (unpaired) electrons. The molecule has 3 N–H and O–H groups in total.